The second-order valence-electron chi connectivity index (χ2n) is 2.97. The summed E-state index contributed by atoms with van der Waals surface area (Å²) in [6, 6.07) is 0. The predicted octanol–water partition coefficient (Wildman–Crippen LogP) is -2.11. The second-order valence-corrected chi connectivity index (χ2v) is 2.97. The average Bonchev–Trinajstić information content (AvgIpc) is 2.14. The molecule has 0 spiro atoms. The molecular weight excluding hydrogens is 206 g/mol. The van der Waals surface area contributed by atoms with Crippen LogP contribution in [0.15, 0.2) is 0 Å². The van der Waals surface area contributed by atoms with E-state index in [0.29, 0.717) is 0 Å². The van der Waals surface area contributed by atoms with Crippen LogP contribution in [0.1, 0.15) is 12.8 Å². The van der Waals surface area contributed by atoms with Crippen LogP contribution >= 0.6 is 0 Å². The Bertz CT molecular complexity index is 241. The number of hydrogen-bond donors (Lipinski definition) is 4. The summed E-state index contributed by atoms with van der Waals surface area (Å²) in [6.45, 7) is -0.526. The monoisotopic (exact) mass is 219 g/mol. The first kappa shape index (κ1) is 13.5. The van der Waals surface area contributed by atoms with Crippen LogP contribution in [0.4, 0.5) is 0 Å². The van der Waals surface area contributed by atoms with Gasteiger partial charge in [-0.1, -0.05) is 0 Å². The lowest BCUT2D eigenvalue weighted by atomic mass is 10.1. The van der Waals surface area contributed by atoms with Gasteiger partial charge < -0.3 is 25.4 Å². The molecule has 1 amide bonds. The zero-order chi connectivity index (χ0) is 11.8. The summed E-state index contributed by atoms with van der Waals surface area (Å²) in [5.41, 5.74) is 0. The fraction of sp³-hybridized carbons (Fsp3) is 0.625. The Kier molecular flexibility index (Phi) is 6.23. The molecule has 4 N–H and O–H groups in total. The minimum atomic E-state index is -1.31. The molecule has 2 atom stereocenters. The Labute approximate surface area is 85.7 Å². The highest BCUT2D eigenvalue weighted by molar-refractivity contribution is 5.81. The lowest BCUT2D eigenvalue weighted by Crippen LogP contribution is -2.32. The van der Waals surface area contributed by atoms with Crippen LogP contribution in [0.25, 0.3) is 0 Å². The van der Waals surface area contributed by atoms with E-state index >= 15 is 0 Å². The number of aliphatic hydroxyl groups excluding tert-OH is 2. The molecular formula is C8H13NO6. The SMILES string of the molecule is O=C[C@H](O)CC(O)CC(=O)NCC(=O)O. The molecule has 1 unspecified atom stereocenters. The molecule has 0 aliphatic rings. The van der Waals surface area contributed by atoms with E-state index in [1.54, 1.807) is 0 Å². The standard InChI is InChI=1S/C8H13NO6/c10-4-6(12)1-5(11)2-7(13)9-3-8(14)15/h4-6,11-12H,1-3H2,(H,9,13)(H,14,15)/t5?,6-/m1/s1. The topological polar surface area (TPSA) is 124 Å². The fourth-order valence-electron chi connectivity index (χ4n) is 0.878. The van der Waals surface area contributed by atoms with Crippen molar-refractivity contribution in [3.63, 3.8) is 0 Å². The summed E-state index contributed by atoms with van der Waals surface area (Å²) in [5, 5.41) is 28.2. The number of carbonyl (C=O) groups excluding carboxylic acids is 2. The van der Waals surface area contributed by atoms with E-state index in [0.717, 1.165) is 0 Å². The molecule has 0 aromatic rings. The number of aliphatic hydroxyl groups is 2. The van der Waals surface area contributed by atoms with Crippen LogP contribution < -0.4 is 5.32 Å². The van der Waals surface area contributed by atoms with Gasteiger partial charge in [-0.25, -0.2) is 0 Å². The van der Waals surface area contributed by atoms with Gasteiger partial charge in [0, 0.05) is 6.42 Å². The number of carbonyl (C=O) groups is 3. The highest BCUT2D eigenvalue weighted by atomic mass is 16.4. The minimum absolute atomic E-state index is 0.246. The van der Waals surface area contributed by atoms with Crippen molar-refractivity contribution in [2.75, 3.05) is 6.54 Å². The highest BCUT2D eigenvalue weighted by Crippen LogP contribution is 2.00. The van der Waals surface area contributed by atoms with Gasteiger partial charge in [0.2, 0.25) is 5.91 Å². The van der Waals surface area contributed by atoms with Crippen molar-refractivity contribution in [2.24, 2.45) is 0 Å². The molecule has 0 fully saturated rings. The average molecular weight is 219 g/mol. The van der Waals surface area contributed by atoms with Crippen molar-refractivity contribution in [3.8, 4) is 0 Å². The molecule has 7 nitrogen and oxygen atoms in total. The maximum absolute atomic E-state index is 10.9. The van der Waals surface area contributed by atoms with Gasteiger partial charge in [0.15, 0.2) is 0 Å². The van der Waals surface area contributed by atoms with Crippen molar-refractivity contribution in [3.05, 3.63) is 0 Å². The van der Waals surface area contributed by atoms with Crippen molar-refractivity contribution in [1.82, 2.24) is 5.32 Å². The number of aliphatic carboxylic acids is 1. The first-order valence-corrected chi connectivity index (χ1v) is 4.25. The van der Waals surface area contributed by atoms with E-state index in [2.05, 4.69) is 0 Å². The van der Waals surface area contributed by atoms with E-state index in [-0.39, 0.29) is 19.1 Å². The van der Waals surface area contributed by atoms with Gasteiger partial charge in [-0.3, -0.25) is 9.59 Å². The van der Waals surface area contributed by atoms with Gasteiger partial charge in [0.25, 0.3) is 0 Å². The van der Waals surface area contributed by atoms with Crippen LogP contribution in [0, 0.1) is 0 Å². The van der Waals surface area contributed by atoms with E-state index in [9.17, 15) is 14.4 Å². The van der Waals surface area contributed by atoms with Crippen molar-refractivity contribution < 1.29 is 29.7 Å². The predicted molar refractivity (Wildman–Crippen MR) is 48.0 cm³/mol. The number of hydrogen-bond acceptors (Lipinski definition) is 5. The largest absolute Gasteiger partial charge is 0.480 e. The third-order valence-electron chi connectivity index (χ3n) is 1.53. The van der Waals surface area contributed by atoms with Gasteiger partial charge >= 0.3 is 5.97 Å². The van der Waals surface area contributed by atoms with Crippen molar-refractivity contribution in [2.45, 2.75) is 25.0 Å². The van der Waals surface area contributed by atoms with Gasteiger partial charge in [-0.05, 0) is 0 Å². The lowest BCUT2D eigenvalue weighted by Gasteiger charge is -2.10. The quantitative estimate of drug-likeness (QED) is 0.363. The maximum atomic E-state index is 10.9. The number of nitrogens with one attached hydrogen (secondary N) is 1. The summed E-state index contributed by atoms with van der Waals surface area (Å²) in [6.07, 6.45) is -2.83. The van der Waals surface area contributed by atoms with Crippen molar-refractivity contribution >= 4 is 18.2 Å². The molecule has 86 valence electrons. The number of rotatable bonds is 7. The van der Waals surface area contributed by atoms with Crippen LogP contribution in [-0.2, 0) is 14.4 Å². The molecule has 0 aromatic heterocycles. The van der Waals surface area contributed by atoms with Gasteiger partial charge in [-0.15, -0.1) is 0 Å². The smallest absolute Gasteiger partial charge is 0.322 e. The number of aldehydes is 1. The van der Waals surface area contributed by atoms with Gasteiger partial charge in [0.1, 0.15) is 18.9 Å². The van der Waals surface area contributed by atoms with Crippen molar-refractivity contribution in [1.29, 1.82) is 0 Å². The van der Waals surface area contributed by atoms with Crippen LogP contribution in [0.2, 0.25) is 0 Å². The maximum Gasteiger partial charge on any atom is 0.322 e. The van der Waals surface area contributed by atoms with E-state index in [1.165, 1.54) is 0 Å². The molecule has 0 heterocycles. The van der Waals surface area contributed by atoms with Gasteiger partial charge in [-0.2, -0.15) is 0 Å². The van der Waals surface area contributed by atoms with Crippen LogP contribution in [-0.4, -0.2) is 52.2 Å². The molecule has 0 radical (unpaired) electrons. The Morgan fingerprint density at radius 2 is 1.93 bits per heavy atom. The Balaban J connectivity index is 3.75. The fourth-order valence-corrected chi connectivity index (χ4v) is 0.878. The first-order valence-electron chi connectivity index (χ1n) is 4.25. The molecule has 0 bridgehead atoms. The molecule has 0 aromatic carbocycles. The first-order chi connectivity index (χ1) is 6.95. The molecule has 0 saturated carbocycles. The Morgan fingerprint density at radius 1 is 1.33 bits per heavy atom. The number of carboxylic acid groups (broad SMARTS) is 1. The molecule has 0 saturated heterocycles. The molecule has 0 aliphatic carbocycles. The summed E-state index contributed by atoms with van der Waals surface area (Å²) >= 11 is 0. The zero-order valence-corrected chi connectivity index (χ0v) is 7.92. The number of amides is 1. The summed E-state index contributed by atoms with van der Waals surface area (Å²) in [4.78, 5) is 31.0. The van der Waals surface area contributed by atoms with E-state index in [4.69, 9.17) is 15.3 Å². The lowest BCUT2D eigenvalue weighted by molar-refractivity contribution is -0.138. The third kappa shape index (κ3) is 7.59. The molecule has 0 aliphatic heterocycles. The summed E-state index contributed by atoms with van der Waals surface area (Å²) in [7, 11) is 0. The Morgan fingerprint density at radius 3 is 2.40 bits per heavy atom. The van der Waals surface area contributed by atoms with E-state index in [1.807, 2.05) is 5.32 Å². The summed E-state index contributed by atoms with van der Waals surface area (Å²) < 4.78 is 0. The second kappa shape index (κ2) is 6.91. The molecule has 15 heavy (non-hydrogen) atoms. The summed E-state index contributed by atoms with van der Waals surface area (Å²) in [5.74, 6) is -1.84. The minimum Gasteiger partial charge on any atom is -0.480 e. The van der Waals surface area contributed by atoms with Gasteiger partial charge in [0.05, 0.1) is 12.5 Å². The zero-order valence-electron chi connectivity index (χ0n) is 7.92. The third-order valence-corrected chi connectivity index (χ3v) is 1.53. The number of carboxylic acids is 1. The molecule has 0 rings (SSSR count). The molecule has 7 heteroatoms. The normalized spacial score (nSPS) is 14.0. The van der Waals surface area contributed by atoms with E-state index < -0.39 is 30.6 Å². The Hall–Kier alpha value is -1.47. The van der Waals surface area contributed by atoms with Crippen LogP contribution in [0.5, 0.6) is 0 Å². The van der Waals surface area contributed by atoms with Crippen LogP contribution in [0.3, 0.4) is 0 Å². The highest BCUT2D eigenvalue weighted by Gasteiger charge is 2.15.